The van der Waals surface area contributed by atoms with Crippen LogP contribution in [0.1, 0.15) is 30.4 Å². The molecule has 6 heteroatoms. The molecule has 1 spiro atoms. The van der Waals surface area contributed by atoms with Gasteiger partial charge in [-0.25, -0.2) is 4.68 Å². The van der Waals surface area contributed by atoms with Crippen LogP contribution in [0, 0.1) is 12.3 Å². The summed E-state index contributed by atoms with van der Waals surface area (Å²) in [6.45, 7) is 5.46. The normalized spacial score (nSPS) is 21.7. The van der Waals surface area contributed by atoms with E-state index in [0.29, 0.717) is 0 Å². The molecule has 2 aliphatic rings. The number of benzene rings is 1. The van der Waals surface area contributed by atoms with Gasteiger partial charge in [0.15, 0.2) is 0 Å². The maximum absolute atomic E-state index is 12.4. The molecule has 27 heavy (non-hydrogen) atoms. The van der Waals surface area contributed by atoms with Gasteiger partial charge in [0.25, 0.3) is 0 Å². The zero-order valence-corrected chi connectivity index (χ0v) is 16.1. The first-order valence-electron chi connectivity index (χ1n) is 9.76. The first kappa shape index (κ1) is 18.2. The highest BCUT2D eigenvalue weighted by molar-refractivity contribution is 5.79. The first-order chi connectivity index (χ1) is 13.1. The van der Waals surface area contributed by atoms with Crippen molar-refractivity contribution in [3.8, 4) is 5.69 Å². The summed E-state index contributed by atoms with van der Waals surface area (Å²) in [5.74, 6) is 0.00905. The molecule has 0 bridgehead atoms. The number of ether oxygens (including phenoxy) is 1. The zero-order chi connectivity index (χ0) is 18.9. The molecule has 1 aromatic heterocycles. The minimum absolute atomic E-state index is 0.00740. The number of hydrogen-bond acceptors (Lipinski definition) is 5. The third-order valence-electron chi connectivity index (χ3n) is 5.85. The molecule has 6 nitrogen and oxygen atoms in total. The standard InChI is InChI=1S/C21H28N4O2/c1-16-5-3-4-6-19(16)25-14-17(12-23-25)13-24(2)15-18-11-21(20(26)27-18)7-9-22-10-8-21/h3-6,12,14,18,22H,7-11,13,15H2,1-2H3. The SMILES string of the molecule is Cc1ccccc1-n1cc(CN(C)CC2CC3(CCNCC3)C(=O)O2)cn1. The van der Waals surface area contributed by atoms with Crippen LogP contribution in [-0.4, -0.2) is 53.4 Å². The number of rotatable bonds is 5. The molecule has 2 fully saturated rings. The number of nitrogens with one attached hydrogen (secondary N) is 1. The van der Waals surface area contributed by atoms with E-state index in [9.17, 15) is 4.79 Å². The molecule has 0 radical (unpaired) electrons. The lowest BCUT2D eigenvalue weighted by Crippen LogP contribution is -2.39. The van der Waals surface area contributed by atoms with Crippen LogP contribution < -0.4 is 5.32 Å². The van der Waals surface area contributed by atoms with Crippen LogP contribution in [0.4, 0.5) is 0 Å². The lowest BCUT2D eigenvalue weighted by atomic mass is 9.76. The fourth-order valence-corrected chi connectivity index (χ4v) is 4.37. The lowest BCUT2D eigenvalue weighted by molar-refractivity contribution is -0.150. The van der Waals surface area contributed by atoms with Gasteiger partial charge < -0.3 is 10.1 Å². The Morgan fingerprint density at radius 2 is 2.11 bits per heavy atom. The number of cyclic esters (lactones) is 1. The van der Waals surface area contributed by atoms with Crippen LogP contribution >= 0.6 is 0 Å². The van der Waals surface area contributed by atoms with Crippen molar-refractivity contribution in [1.82, 2.24) is 20.0 Å². The van der Waals surface area contributed by atoms with E-state index in [4.69, 9.17) is 4.74 Å². The molecule has 0 saturated carbocycles. The molecule has 1 aromatic carbocycles. The molecule has 2 saturated heterocycles. The van der Waals surface area contributed by atoms with Crippen molar-refractivity contribution < 1.29 is 9.53 Å². The van der Waals surface area contributed by atoms with Crippen LogP contribution in [0.15, 0.2) is 36.7 Å². The number of likely N-dealkylation sites (N-methyl/N-ethyl adjacent to an activating group) is 1. The molecule has 1 atom stereocenters. The van der Waals surface area contributed by atoms with Crippen LogP contribution in [0.25, 0.3) is 5.69 Å². The minimum Gasteiger partial charge on any atom is -0.461 e. The Hall–Kier alpha value is -2.18. The summed E-state index contributed by atoms with van der Waals surface area (Å²) < 4.78 is 7.65. The van der Waals surface area contributed by atoms with Crippen molar-refractivity contribution in [1.29, 1.82) is 0 Å². The Kier molecular flexibility index (Phi) is 5.02. The van der Waals surface area contributed by atoms with Gasteiger partial charge in [0, 0.05) is 31.3 Å². The number of carbonyl (C=O) groups excluding carboxylic acids is 1. The lowest BCUT2D eigenvalue weighted by Gasteiger charge is -2.29. The zero-order valence-electron chi connectivity index (χ0n) is 16.1. The van der Waals surface area contributed by atoms with Crippen molar-refractivity contribution in [3.05, 3.63) is 47.8 Å². The van der Waals surface area contributed by atoms with Gasteiger partial charge in [-0.3, -0.25) is 9.69 Å². The third kappa shape index (κ3) is 3.77. The average molecular weight is 368 g/mol. The van der Waals surface area contributed by atoms with Gasteiger partial charge in [-0.15, -0.1) is 0 Å². The molecule has 2 aliphatic heterocycles. The van der Waals surface area contributed by atoms with Crippen molar-refractivity contribution in [2.75, 3.05) is 26.7 Å². The maximum atomic E-state index is 12.4. The second-order valence-electron chi connectivity index (χ2n) is 8.04. The quantitative estimate of drug-likeness (QED) is 0.821. The Morgan fingerprint density at radius 3 is 2.89 bits per heavy atom. The minimum atomic E-state index is -0.244. The van der Waals surface area contributed by atoms with Crippen molar-refractivity contribution in [2.24, 2.45) is 5.41 Å². The summed E-state index contributed by atoms with van der Waals surface area (Å²) in [6, 6.07) is 8.23. The topological polar surface area (TPSA) is 59.4 Å². The summed E-state index contributed by atoms with van der Waals surface area (Å²) in [4.78, 5) is 14.6. The summed E-state index contributed by atoms with van der Waals surface area (Å²) in [5, 5.41) is 7.85. The predicted molar refractivity (Wildman–Crippen MR) is 104 cm³/mol. The Balaban J connectivity index is 1.36. The summed E-state index contributed by atoms with van der Waals surface area (Å²) >= 11 is 0. The van der Waals surface area contributed by atoms with Gasteiger partial charge >= 0.3 is 5.97 Å². The number of carbonyl (C=O) groups is 1. The fourth-order valence-electron chi connectivity index (χ4n) is 4.37. The largest absolute Gasteiger partial charge is 0.461 e. The number of aryl methyl sites for hydroxylation is 1. The Labute approximate surface area is 160 Å². The second kappa shape index (κ2) is 7.44. The average Bonchev–Trinajstić information content (AvgIpc) is 3.21. The Bertz CT molecular complexity index is 810. The summed E-state index contributed by atoms with van der Waals surface area (Å²) in [6.07, 6.45) is 6.63. The highest BCUT2D eigenvalue weighted by atomic mass is 16.6. The van der Waals surface area contributed by atoms with Crippen molar-refractivity contribution in [2.45, 2.75) is 38.8 Å². The number of piperidine rings is 1. The molecular formula is C21H28N4O2. The van der Waals surface area contributed by atoms with E-state index >= 15 is 0 Å². The van der Waals surface area contributed by atoms with Gasteiger partial charge in [0.2, 0.25) is 0 Å². The number of hydrogen-bond donors (Lipinski definition) is 1. The molecule has 0 aliphatic carbocycles. The van der Waals surface area contributed by atoms with Crippen molar-refractivity contribution in [3.63, 3.8) is 0 Å². The van der Waals surface area contributed by atoms with Crippen molar-refractivity contribution >= 4 is 5.97 Å². The first-order valence-corrected chi connectivity index (χ1v) is 9.76. The van der Waals surface area contributed by atoms with Crippen LogP contribution in [-0.2, 0) is 16.1 Å². The van der Waals surface area contributed by atoms with E-state index in [1.165, 1.54) is 5.56 Å². The number of para-hydroxylation sites is 1. The number of esters is 1. The molecule has 1 unspecified atom stereocenters. The van der Waals surface area contributed by atoms with Gasteiger partial charge in [0.05, 0.1) is 17.3 Å². The van der Waals surface area contributed by atoms with Crippen LogP contribution in [0.3, 0.4) is 0 Å². The molecule has 2 aromatic rings. The van der Waals surface area contributed by atoms with Crippen LogP contribution in [0.2, 0.25) is 0 Å². The Morgan fingerprint density at radius 1 is 1.33 bits per heavy atom. The maximum Gasteiger partial charge on any atom is 0.312 e. The van der Waals surface area contributed by atoms with E-state index in [0.717, 1.165) is 56.7 Å². The third-order valence-corrected chi connectivity index (χ3v) is 5.85. The fraction of sp³-hybridized carbons (Fsp3) is 0.524. The molecule has 144 valence electrons. The predicted octanol–water partition coefficient (Wildman–Crippen LogP) is 2.30. The highest BCUT2D eigenvalue weighted by Gasteiger charge is 2.49. The van der Waals surface area contributed by atoms with Crippen LogP contribution in [0.5, 0.6) is 0 Å². The molecule has 4 rings (SSSR count). The molecule has 1 N–H and O–H groups in total. The van der Waals surface area contributed by atoms with Gasteiger partial charge in [0.1, 0.15) is 6.10 Å². The molecular weight excluding hydrogens is 340 g/mol. The highest BCUT2D eigenvalue weighted by Crippen LogP contribution is 2.41. The van der Waals surface area contributed by atoms with Gasteiger partial charge in [-0.2, -0.15) is 5.10 Å². The number of nitrogens with zero attached hydrogens (tertiary/aromatic N) is 3. The van der Waals surface area contributed by atoms with E-state index in [2.05, 4.69) is 47.6 Å². The summed E-state index contributed by atoms with van der Waals surface area (Å²) in [7, 11) is 2.08. The summed E-state index contributed by atoms with van der Waals surface area (Å²) in [5.41, 5.74) is 3.21. The van der Waals surface area contributed by atoms with E-state index < -0.39 is 0 Å². The van der Waals surface area contributed by atoms with Gasteiger partial charge in [-0.05, 0) is 51.5 Å². The van der Waals surface area contributed by atoms with Gasteiger partial charge in [-0.1, -0.05) is 18.2 Å². The molecule has 0 amide bonds. The van der Waals surface area contributed by atoms with E-state index in [1.807, 2.05) is 23.0 Å². The van der Waals surface area contributed by atoms with E-state index in [1.54, 1.807) is 0 Å². The smallest absolute Gasteiger partial charge is 0.312 e. The second-order valence-corrected chi connectivity index (χ2v) is 8.04. The monoisotopic (exact) mass is 368 g/mol. The van der Waals surface area contributed by atoms with E-state index in [-0.39, 0.29) is 17.5 Å². The number of aromatic nitrogens is 2. The molecule has 3 heterocycles.